The molecule has 1 aliphatic rings. The minimum atomic E-state index is 0.00459. The molecule has 1 saturated heterocycles. The highest BCUT2D eigenvalue weighted by atomic mass is 16.5. The van der Waals surface area contributed by atoms with Gasteiger partial charge in [0.15, 0.2) is 6.61 Å². The average molecular weight is 220 g/mol. The largest absolute Gasteiger partial charge is 0.484 e. The summed E-state index contributed by atoms with van der Waals surface area (Å²) >= 11 is 0. The average Bonchev–Trinajstić information content (AvgIpc) is 2.23. The number of nitrogens with two attached hydrogens (primary N) is 1. The molecule has 1 heterocycles. The van der Waals surface area contributed by atoms with Gasteiger partial charge in [-0.3, -0.25) is 4.79 Å². The second-order valence-corrected chi connectivity index (χ2v) is 4.11. The fourth-order valence-electron chi connectivity index (χ4n) is 1.67. The molecule has 4 nitrogen and oxygen atoms in total. The standard InChI is InChI=1S/C12H16N2O2/c1-9-4-2-3-5-11(9)16-8-12(15)14-6-10(13)7-14/h2-5,10H,6-8,13H2,1H3. The molecule has 2 rings (SSSR count). The third-order valence-electron chi connectivity index (χ3n) is 2.71. The lowest BCUT2D eigenvalue weighted by Crippen LogP contribution is -2.58. The van der Waals surface area contributed by atoms with E-state index in [9.17, 15) is 4.79 Å². The zero-order valence-corrected chi connectivity index (χ0v) is 9.35. The molecule has 0 aromatic heterocycles. The van der Waals surface area contributed by atoms with E-state index in [1.807, 2.05) is 31.2 Å². The minimum absolute atomic E-state index is 0.00459. The summed E-state index contributed by atoms with van der Waals surface area (Å²) in [5, 5.41) is 0. The van der Waals surface area contributed by atoms with Crippen molar-refractivity contribution in [1.29, 1.82) is 0 Å². The summed E-state index contributed by atoms with van der Waals surface area (Å²) in [4.78, 5) is 13.3. The Morgan fingerprint density at radius 2 is 2.19 bits per heavy atom. The number of aryl methyl sites for hydroxylation is 1. The maximum Gasteiger partial charge on any atom is 0.260 e. The molecule has 0 radical (unpaired) electrons. The van der Waals surface area contributed by atoms with E-state index in [2.05, 4.69) is 0 Å². The van der Waals surface area contributed by atoms with Gasteiger partial charge in [0.05, 0.1) is 0 Å². The van der Waals surface area contributed by atoms with E-state index >= 15 is 0 Å². The van der Waals surface area contributed by atoms with Gasteiger partial charge in [-0.25, -0.2) is 0 Å². The molecule has 2 N–H and O–H groups in total. The molecule has 1 amide bonds. The summed E-state index contributed by atoms with van der Waals surface area (Å²) in [5.41, 5.74) is 6.64. The summed E-state index contributed by atoms with van der Waals surface area (Å²) < 4.78 is 5.46. The summed E-state index contributed by atoms with van der Waals surface area (Å²) in [6.45, 7) is 3.35. The zero-order chi connectivity index (χ0) is 11.5. The van der Waals surface area contributed by atoms with Gasteiger partial charge >= 0.3 is 0 Å². The van der Waals surface area contributed by atoms with Gasteiger partial charge in [0.1, 0.15) is 5.75 Å². The van der Waals surface area contributed by atoms with Crippen molar-refractivity contribution in [3.63, 3.8) is 0 Å². The van der Waals surface area contributed by atoms with Crippen LogP contribution in [-0.4, -0.2) is 36.5 Å². The second kappa shape index (κ2) is 4.53. The molecule has 0 atom stereocenters. The van der Waals surface area contributed by atoms with Crippen LogP contribution in [0.4, 0.5) is 0 Å². The predicted octanol–water partition coefficient (Wildman–Crippen LogP) is 0.543. The van der Waals surface area contributed by atoms with Crippen LogP contribution in [0.1, 0.15) is 5.56 Å². The molecule has 0 spiro atoms. The van der Waals surface area contributed by atoms with E-state index in [4.69, 9.17) is 10.5 Å². The molecule has 86 valence electrons. The summed E-state index contributed by atoms with van der Waals surface area (Å²) in [7, 11) is 0. The number of para-hydroxylation sites is 1. The van der Waals surface area contributed by atoms with E-state index < -0.39 is 0 Å². The van der Waals surface area contributed by atoms with E-state index in [1.54, 1.807) is 4.90 Å². The highest BCUT2D eigenvalue weighted by molar-refractivity contribution is 5.78. The molecule has 0 bridgehead atoms. The van der Waals surface area contributed by atoms with Crippen LogP contribution in [-0.2, 0) is 4.79 Å². The van der Waals surface area contributed by atoms with Crippen LogP contribution in [0.5, 0.6) is 5.75 Å². The zero-order valence-electron chi connectivity index (χ0n) is 9.35. The lowest BCUT2D eigenvalue weighted by atomic mass is 10.1. The maximum absolute atomic E-state index is 11.6. The first kappa shape index (κ1) is 11.0. The second-order valence-electron chi connectivity index (χ2n) is 4.11. The quantitative estimate of drug-likeness (QED) is 0.809. The number of amides is 1. The van der Waals surface area contributed by atoms with Crippen molar-refractivity contribution in [3.05, 3.63) is 29.8 Å². The van der Waals surface area contributed by atoms with E-state index in [1.165, 1.54) is 0 Å². The number of nitrogens with zero attached hydrogens (tertiary/aromatic N) is 1. The number of carbonyl (C=O) groups excluding carboxylic acids is 1. The molecule has 1 fully saturated rings. The van der Waals surface area contributed by atoms with Crippen LogP contribution in [0.3, 0.4) is 0 Å². The van der Waals surface area contributed by atoms with Crippen molar-refractivity contribution in [3.8, 4) is 5.75 Å². The highest BCUT2D eigenvalue weighted by Crippen LogP contribution is 2.16. The number of benzene rings is 1. The van der Waals surface area contributed by atoms with Crippen molar-refractivity contribution >= 4 is 5.91 Å². The summed E-state index contributed by atoms with van der Waals surface area (Å²) in [6, 6.07) is 7.80. The summed E-state index contributed by atoms with van der Waals surface area (Å²) in [5.74, 6) is 0.769. The Hall–Kier alpha value is -1.55. The maximum atomic E-state index is 11.6. The molecule has 1 aromatic rings. The van der Waals surface area contributed by atoms with Crippen LogP contribution in [0.25, 0.3) is 0 Å². The highest BCUT2D eigenvalue weighted by Gasteiger charge is 2.27. The van der Waals surface area contributed by atoms with Crippen molar-refractivity contribution in [2.45, 2.75) is 13.0 Å². The Kier molecular flexibility index (Phi) is 3.10. The molecule has 1 aliphatic heterocycles. The van der Waals surface area contributed by atoms with Gasteiger partial charge in [0.25, 0.3) is 5.91 Å². The lowest BCUT2D eigenvalue weighted by Gasteiger charge is -2.36. The number of carbonyl (C=O) groups is 1. The minimum Gasteiger partial charge on any atom is -0.484 e. The third kappa shape index (κ3) is 2.33. The van der Waals surface area contributed by atoms with E-state index in [0.717, 1.165) is 11.3 Å². The van der Waals surface area contributed by atoms with Gasteiger partial charge in [-0.15, -0.1) is 0 Å². The monoisotopic (exact) mass is 220 g/mol. The smallest absolute Gasteiger partial charge is 0.260 e. The van der Waals surface area contributed by atoms with Crippen molar-refractivity contribution < 1.29 is 9.53 Å². The molecular weight excluding hydrogens is 204 g/mol. The number of ether oxygens (including phenoxy) is 1. The Morgan fingerprint density at radius 3 is 2.81 bits per heavy atom. The fourth-order valence-corrected chi connectivity index (χ4v) is 1.67. The van der Waals surface area contributed by atoms with Crippen molar-refractivity contribution in [2.24, 2.45) is 5.73 Å². The number of rotatable bonds is 3. The van der Waals surface area contributed by atoms with Gasteiger partial charge in [-0.05, 0) is 18.6 Å². The SMILES string of the molecule is Cc1ccccc1OCC(=O)N1CC(N)C1. The Bertz CT molecular complexity index is 386. The van der Waals surface area contributed by atoms with Gasteiger partial charge in [0, 0.05) is 19.1 Å². The van der Waals surface area contributed by atoms with E-state index in [-0.39, 0.29) is 18.6 Å². The fraction of sp³-hybridized carbons (Fsp3) is 0.417. The molecule has 0 saturated carbocycles. The first-order valence-corrected chi connectivity index (χ1v) is 5.38. The molecule has 0 unspecified atom stereocenters. The topological polar surface area (TPSA) is 55.6 Å². The lowest BCUT2D eigenvalue weighted by molar-refractivity contribution is -0.137. The molecule has 16 heavy (non-hydrogen) atoms. The normalized spacial score (nSPS) is 15.8. The van der Waals surface area contributed by atoms with Crippen molar-refractivity contribution in [1.82, 2.24) is 4.90 Å². The molecular formula is C12H16N2O2. The van der Waals surface area contributed by atoms with E-state index in [0.29, 0.717) is 13.1 Å². The number of hydrogen-bond acceptors (Lipinski definition) is 3. The molecule has 0 aliphatic carbocycles. The first-order valence-electron chi connectivity index (χ1n) is 5.38. The van der Waals surface area contributed by atoms with Gasteiger partial charge in [-0.1, -0.05) is 18.2 Å². The van der Waals surface area contributed by atoms with Gasteiger partial charge < -0.3 is 15.4 Å². The Labute approximate surface area is 95.0 Å². The van der Waals surface area contributed by atoms with Crippen LogP contribution in [0.15, 0.2) is 24.3 Å². The molecule has 4 heteroatoms. The van der Waals surface area contributed by atoms with Crippen LogP contribution in [0.2, 0.25) is 0 Å². The van der Waals surface area contributed by atoms with Gasteiger partial charge in [-0.2, -0.15) is 0 Å². The van der Waals surface area contributed by atoms with Crippen molar-refractivity contribution in [2.75, 3.05) is 19.7 Å². The van der Waals surface area contributed by atoms with Gasteiger partial charge in [0.2, 0.25) is 0 Å². The number of likely N-dealkylation sites (tertiary alicyclic amines) is 1. The van der Waals surface area contributed by atoms with Crippen LogP contribution in [0, 0.1) is 6.92 Å². The van der Waals surface area contributed by atoms with Crippen LogP contribution >= 0.6 is 0 Å². The number of hydrogen-bond donors (Lipinski definition) is 1. The first-order chi connectivity index (χ1) is 7.66. The summed E-state index contributed by atoms with van der Waals surface area (Å²) in [6.07, 6.45) is 0. The van der Waals surface area contributed by atoms with Crippen LogP contribution < -0.4 is 10.5 Å². The third-order valence-corrected chi connectivity index (χ3v) is 2.71. The molecule has 1 aromatic carbocycles. The Balaban J connectivity index is 1.83. The predicted molar refractivity (Wildman–Crippen MR) is 61.2 cm³/mol. The Morgan fingerprint density at radius 1 is 1.50 bits per heavy atom.